The summed E-state index contributed by atoms with van der Waals surface area (Å²) in [6.45, 7) is 1.34. The minimum absolute atomic E-state index is 0.0568. The van der Waals surface area contributed by atoms with Crippen LogP contribution in [0, 0.1) is 0 Å². The second kappa shape index (κ2) is 8.97. The van der Waals surface area contributed by atoms with Crippen molar-refractivity contribution in [3.05, 3.63) is 56.7 Å². The van der Waals surface area contributed by atoms with Crippen LogP contribution >= 0.6 is 27.3 Å². The number of thiophene rings is 1. The van der Waals surface area contributed by atoms with Gasteiger partial charge >= 0.3 is 0 Å². The third kappa shape index (κ3) is 6.42. The highest BCUT2D eigenvalue weighted by Crippen LogP contribution is 2.21. The average Bonchev–Trinajstić information content (AvgIpc) is 2.90. The van der Waals surface area contributed by atoms with Gasteiger partial charge in [-0.25, -0.2) is 0 Å². The molecule has 0 aliphatic rings. The van der Waals surface area contributed by atoms with Crippen molar-refractivity contribution in [1.82, 2.24) is 5.32 Å². The Bertz CT molecular complexity index is 556. The third-order valence-electron chi connectivity index (χ3n) is 2.93. The highest BCUT2D eigenvalue weighted by atomic mass is 79.9. The van der Waals surface area contributed by atoms with Crippen LogP contribution in [0.5, 0.6) is 0 Å². The number of nitrogens with one attached hydrogen (secondary N) is 1. The summed E-state index contributed by atoms with van der Waals surface area (Å²) in [5.74, 6) is -0.0568. The van der Waals surface area contributed by atoms with Crippen molar-refractivity contribution in [3.63, 3.8) is 0 Å². The van der Waals surface area contributed by atoms with Crippen molar-refractivity contribution in [2.75, 3.05) is 19.8 Å². The number of halogens is 1. The van der Waals surface area contributed by atoms with Crippen molar-refractivity contribution in [3.8, 4) is 0 Å². The van der Waals surface area contributed by atoms with Gasteiger partial charge in [-0.05, 0) is 46.5 Å². The van der Waals surface area contributed by atoms with Crippen LogP contribution < -0.4 is 5.32 Å². The lowest BCUT2D eigenvalue weighted by molar-refractivity contribution is -0.125. The van der Waals surface area contributed by atoms with Crippen molar-refractivity contribution in [2.45, 2.75) is 12.8 Å². The molecule has 0 atom stereocenters. The highest BCUT2D eigenvalue weighted by molar-refractivity contribution is 9.11. The molecule has 3 nitrogen and oxygen atoms in total. The minimum atomic E-state index is -0.0568. The van der Waals surface area contributed by atoms with Gasteiger partial charge in [-0.3, -0.25) is 4.79 Å². The van der Waals surface area contributed by atoms with E-state index < -0.39 is 0 Å². The van der Waals surface area contributed by atoms with Crippen molar-refractivity contribution in [2.24, 2.45) is 0 Å². The fraction of sp³-hybridized carbons (Fsp3) is 0.312. The summed E-state index contributed by atoms with van der Waals surface area (Å²) in [4.78, 5) is 12.9. The first-order chi connectivity index (χ1) is 10.2. The van der Waals surface area contributed by atoms with Gasteiger partial charge in [0.2, 0.25) is 5.91 Å². The predicted octanol–water partition coefficient (Wildman–Crippen LogP) is 3.43. The second-order valence-electron chi connectivity index (χ2n) is 4.59. The zero-order valence-electron chi connectivity index (χ0n) is 11.7. The maximum atomic E-state index is 11.6. The van der Waals surface area contributed by atoms with Gasteiger partial charge < -0.3 is 10.1 Å². The van der Waals surface area contributed by atoms with Crippen LogP contribution in [0.4, 0.5) is 0 Å². The molecule has 1 amide bonds. The largest absolute Gasteiger partial charge is 0.371 e. The number of rotatable bonds is 8. The predicted molar refractivity (Wildman–Crippen MR) is 89.7 cm³/mol. The molecule has 1 N–H and O–H groups in total. The van der Waals surface area contributed by atoms with E-state index in [2.05, 4.69) is 39.4 Å². The Hall–Kier alpha value is -1.17. The highest BCUT2D eigenvalue weighted by Gasteiger charge is 2.02. The molecular formula is C16H18BrNO2S. The first-order valence-electron chi connectivity index (χ1n) is 6.86. The molecular weight excluding hydrogens is 350 g/mol. The molecule has 1 aromatic carbocycles. The van der Waals surface area contributed by atoms with Gasteiger partial charge in [0.05, 0.1) is 10.4 Å². The van der Waals surface area contributed by atoms with Gasteiger partial charge in [0.1, 0.15) is 6.61 Å². The molecule has 0 spiro atoms. The Balaban J connectivity index is 1.53. The van der Waals surface area contributed by atoms with E-state index >= 15 is 0 Å². The quantitative estimate of drug-likeness (QED) is 0.725. The molecule has 1 aromatic heterocycles. The second-order valence-corrected chi connectivity index (χ2v) is 7.14. The Labute approximate surface area is 137 Å². The SMILES string of the molecule is O=C(COCCc1ccccc1)NCCc1ccc(Br)s1. The molecule has 0 bridgehead atoms. The van der Waals surface area contributed by atoms with Gasteiger partial charge in [0, 0.05) is 11.4 Å². The first-order valence-corrected chi connectivity index (χ1v) is 8.47. The summed E-state index contributed by atoms with van der Waals surface area (Å²) in [7, 11) is 0. The Morgan fingerprint density at radius 1 is 1.14 bits per heavy atom. The fourth-order valence-corrected chi connectivity index (χ4v) is 3.34. The standard InChI is InChI=1S/C16H18BrNO2S/c17-15-7-6-14(21-15)8-10-18-16(19)12-20-11-9-13-4-2-1-3-5-13/h1-7H,8-12H2,(H,18,19). The first kappa shape index (κ1) is 16.2. The van der Waals surface area contributed by atoms with E-state index in [1.54, 1.807) is 11.3 Å². The van der Waals surface area contributed by atoms with E-state index in [4.69, 9.17) is 4.74 Å². The van der Waals surface area contributed by atoms with Crippen LogP contribution in [0.2, 0.25) is 0 Å². The molecule has 5 heteroatoms. The van der Waals surface area contributed by atoms with Crippen molar-refractivity contribution in [1.29, 1.82) is 0 Å². The van der Waals surface area contributed by atoms with Crippen LogP contribution in [0.1, 0.15) is 10.4 Å². The molecule has 0 radical (unpaired) electrons. The number of carbonyl (C=O) groups is 1. The Morgan fingerprint density at radius 3 is 2.67 bits per heavy atom. The number of hydrogen-bond acceptors (Lipinski definition) is 3. The zero-order valence-corrected chi connectivity index (χ0v) is 14.1. The Kier molecular flexibility index (Phi) is 6.92. The van der Waals surface area contributed by atoms with Crippen LogP contribution in [0.25, 0.3) is 0 Å². The van der Waals surface area contributed by atoms with E-state index in [-0.39, 0.29) is 12.5 Å². The van der Waals surface area contributed by atoms with E-state index in [9.17, 15) is 4.79 Å². The number of carbonyl (C=O) groups excluding carboxylic acids is 1. The van der Waals surface area contributed by atoms with Gasteiger partial charge in [-0.1, -0.05) is 30.3 Å². The summed E-state index contributed by atoms with van der Waals surface area (Å²) in [5.41, 5.74) is 1.22. The summed E-state index contributed by atoms with van der Waals surface area (Å²) in [5, 5.41) is 2.87. The van der Waals surface area contributed by atoms with Gasteiger partial charge in [-0.2, -0.15) is 0 Å². The fourth-order valence-electron chi connectivity index (χ4n) is 1.86. The topological polar surface area (TPSA) is 38.3 Å². The van der Waals surface area contributed by atoms with Gasteiger partial charge in [0.25, 0.3) is 0 Å². The van der Waals surface area contributed by atoms with E-state index in [1.807, 2.05) is 24.3 Å². The summed E-state index contributed by atoms with van der Waals surface area (Å²) >= 11 is 5.12. The number of hydrogen-bond donors (Lipinski definition) is 1. The molecule has 2 aromatic rings. The lowest BCUT2D eigenvalue weighted by Crippen LogP contribution is -2.29. The van der Waals surface area contributed by atoms with E-state index in [1.165, 1.54) is 10.4 Å². The maximum absolute atomic E-state index is 11.6. The smallest absolute Gasteiger partial charge is 0.246 e. The van der Waals surface area contributed by atoms with E-state index in [0.717, 1.165) is 16.6 Å². The molecule has 0 aliphatic heterocycles. The van der Waals surface area contributed by atoms with Gasteiger partial charge in [-0.15, -0.1) is 11.3 Å². The molecule has 112 valence electrons. The van der Waals surface area contributed by atoms with Crippen LogP contribution in [0.15, 0.2) is 46.3 Å². The lowest BCUT2D eigenvalue weighted by Gasteiger charge is -2.06. The number of amides is 1. The molecule has 21 heavy (non-hydrogen) atoms. The molecule has 0 fully saturated rings. The van der Waals surface area contributed by atoms with Crippen LogP contribution in [0.3, 0.4) is 0 Å². The maximum Gasteiger partial charge on any atom is 0.246 e. The number of benzene rings is 1. The van der Waals surface area contributed by atoms with Crippen molar-refractivity contribution >= 4 is 33.2 Å². The molecule has 0 saturated heterocycles. The van der Waals surface area contributed by atoms with Crippen molar-refractivity contribution < 1.29 is 9.53 Å². The molecule has 0 aliphatic carbocycles. The Morgan fingerprint density at radius 2 is 1.95 bits per heavy atom. The molecule has 0 saturated carbocycles. The minimum Gasteiger partial charge on any atom is -0.371 e. The van der Waals surface area contributed by atoms with Gasteiger partial charge in [0.15, 0.2) is 0 Å². The summed E-state index contributed by atoms with van der Waals surface area (Å²) in [6.07, 6.45) is 1.68. The average molecular weight is 368 g/mol. The van der Waals surface area contributed by atoms with E-state index in [0.29, 0.717) is 13.2 Å². The van der Waals surface area contributed by atoms with Crippen LogP contribution in [-0.2, 0) is 22.4 Å². The summed E-state index contributed by atoms with van der Waals surface area (Å²) in [6, 6.07) is 14.2. The summed E-state index contributed by atoms with van der Waals surface area (Å²) < 4.78 is 6.51. The monoisotopic (exact) mass is 367 g/mol. The lowest BCUT2D eigenvalue weighted by atomic mass is 10.2. The normalized spacial score (nSPS) is 10.5. The zero-order chi connectivity index (χ0) is 14.9. The third-order valence-corrected chi connectivity index (χ3v) is 4.62. The van der Waals surface area contributed by atoms with Crippen LogP contribution in [-0.4, -0.2) is 25.7 Å². The molecule has 1 heterocycles. The number of ether oxygens (including phenoxy) is 1. The molecule has 0 unspecified atom stereocenters. The molecule has 2 rings (SSSR count).